The SMILES string of the molecule is CCCOCCC(NC)c1c(Br)cnn1CC. The van der Waals surface area contributed by atoms with Crippen molar-refractivity contribution in [2.24, 2.45) is 0 Å². The molecular weight excluding hydrogens is 282 g/mol. The van der Waals surface area contributed by atoms with Crippen molar-refractivity contribution in [3.8, 4) is 0 Å². The number of aromatic nitrogens is 2. The summed E-state index contributed by atoms with van der Waals surface area (Å²) in [6, 6.07) is 0.281. The Labute approximate surface area is 112 Å². The van der Waals surface area contributed by atoms with E-state index in [1.165, 1.54) is 5.69 Å². The molecule has 1 unspecified atom stereocenters. The minimum atomic E-state index is 0.281. The molecule has 0 aliphatic rings. The first-order valence-corrected chi connectivity index (χ1v) is 7.00. The normalized spacial score (nSPS) is 12.9. The third kappa shape index (κ3) is 4.08. The zero-order valence-corrected chi connectivity index (χ0v) is 12.5. The first-order chi connectivity index (χ1) is 8.24. The van der Waals surface area contributed by atoms with Crippen molar-refractivity contribution in [3.05, 3.63) is 16.4 Å². The molecule has 0 aromatic carbocycles. The van der Waals surface area contributed by atoms with Crippen LogP contribution < -0.4 is 5.32 Å². The van der Waals surface area contributed by atoms with Crippen LogP contribution in [-0.4, -0.2) is 30.0 Å². The van der Waals surface area contributed by atoms with Crippen LogP contribution in [0.25, 0.3) is 0 Å². The molecule has 4 nitrogen and oxygen atoms in total. The van der Waals surface area contributed by atoms with Gasteiger partial charge >= 0.3 is 0 Å². The third-order valence-electron chi connectivity index (χ3n) is 2.71. The molecule has 0 fully saturated rings. The first kappa shape index (κ1) is 14.7. The van der Waals surface area contributed by atoms with E-state index in [0.717, 1.165) is 37.1 Å². The van der Waals surface area contributed by atoms with E-state index in [2.05, 4.69) is 40.2 Å². The lowest BCUT2D eigenvalue weighted by atomic mass is 10.1. The van der Waals surface area contributed by atoms with Crippen molar-refractivity contribution >= 4 is 15.9 Å². The lowest BCUT2D eigenvalue weighted by molar-refractivity contribution is 0.124. The summed E-state index contributed by atoms with van der Waals surface area (Å²) < 4.78 is 8.62. The highest BCUT2D eigenvalue weighted by molar-refractivity contribution is 9.10. The van der Waals surface area contributed by atoms with Crippen LogP contribution in [0.2, 0.25) is 0 Å². The summed E-state index contributed by atoms with van der Waals surface area (Å²) in [7, 11) is 1.98. The van der Waals surface area contributed by atoms with Crippen LogP contribution in [0.1, 0.15) is 38.4 Å². The molecule has 5 heteroatoms. The number of ether oxygens (including phenoxy) is 1. The second kappa shape index (κ2) is 7.84. The molecule has 0 aliphatic carbocycles. The molecule has 0 amide bonds. The summed E-state index contributed by atoms with van der Waals surface area (Å²) in [4.78, 5) is 0. The summed E-state index contributed by atoms with van der Waals surface area (Å²) in [5, 5.41) is 7.66. The van der Waals surface area contributed by atoms with E-state index in [1.807, 2.05) is 17.9 Å². The van der Waals surface area contributed by atoms with E-state index < -0.39 is 0 Å². The monoisotopic (exact) mass is 303 g/mol. The molecule has 1 heterocycles. The molecule has 1 atom stereocenters. The van der Waals surface area contributed by atoms with Gasteiger partial charge in [-0.3, -0.25) is 4.68 Å². The molecule has 1 rings (SSSR count). The number of aryl methyl sites for hydroxylation is 1. The van der Waals surface area contributed by atoms with Crippen molar-refractivity contribution < 1.29 is 4.74 Å². The van der Waals surface area contributed by atoms with Crippen LogP contribution in [0.15, 0.2) is 10.7 Å². The second-order valence-corrected chi connectivity index (χ2v) is 4.79. The standard InChI is InChI=1S/C12H22BrN3O/c1-4-7-17-8-6-11(14-3)12-10(13)9-15-16(12)5-2/h9,11,14H,4-8H2,1-3H3. The van der Waals surface area contributed by atoms with Crippen LogP contribution in [0.5, 0.6) is 0 Å². The van der Waals surface area contributed by atoms with Crippen LogP contribution in [0.3, 0.4) is 0 Å². The van der Waals surface area contributed by atoms with E-state index in [9.17, 15) is 0 Å². The minimum Gasteiger partial charge on any atom is -0.381 e. The Bertz CT molecular complexity index is 328. The molecule has 98 valence electrons. The van der Waals surface area contributed by atoms with Crippen LogP contribution in [0, 0.1) is 0 Å². The van der Waals surface area contributed by atoms with Gasteiger partial charge in [-0.05, 0) is 42.7 Å². The molecule has 17 heavy (non-hydrogen) atoms. The summed E-state index contributed by atoms with van der Waals surface area (Å²) in [6.07, 6.45) is 3.89. The Morgan fingerprint density at radius 3 is 2.82 bits per heavy atom. The predicted molar refractivity (Wildman–Crippen MR) is 73.1 cm³/mol. The summed E-state index contributed by atoms with van der Waals surface area (Å²) in [5.74, 6) is 0. The van der Waals surface area contributed by atoms with Gasteiger partial charge in [0.2, 0.25) is 0 Å². The van der Waals surface area contributed by atoms with Gasteiger partial charge in [0.15, 0.2) is 0 Å². The maximum absolute atomic E-state index is 5.54. The van der Waals surface area contributed by atoms with Gasteiger partial charge in [-0.1, -0.05) is 6.92 Å². The quantitative estimate of drug-likeness (QED) is 0.751. The van der Waals surface area contributed by atoms with Crippen LogP contribution in [0.4, 0.5) is 0 Å². The van der Waals surface area contributed by atoms with Crippen molar-refractivity contribution in [2.45, 2.75) is 39.3 Å². The third-order valence-corrected chi connectivity index (χ3v) is 3.32. The fourth-order valence-electron chi connectivity index (χ4n) is 1.84. The fraction of sp³-hybridized carbons (Fsp3) is 0.750. The second-order valence-electron chi connectivity index (χ2n) is 3.94. The molecule has 0 spiro atoms. The first-order valence-electron chi connectivity index (χ1n) is 6.20. The Kier molecular flexibility index (Phi) is 6.77. The van der Waals surface area contributed by atoms with Crippen LogP contribution in [-0.2, 0) is 11.3 Å². The molecule has 0 aliphatic heterocycles. The number of hydrogen-bond acceptors (Lipinski definition) is 3. The molecule has 1 aromatic rings. The molecular formula is C12H22BrN3O. The zero-order chi connectivity index (χ0) is 12.7. The average Bonchev–Trinajstić information content (AvgIpc) is 2.71. The Hall–Kier alpha value is -0.390. The van der Waals surface area contributed by atoms with Crippen molar-refractivity contribution in [1.29, 1.82) is 0 Å². The van der Waals surface area contributed by atoms with Crippen molar-refractivity contribution in [3.63, 3.8) is 0 Å². The maximum Gasteiger partial charge on any atom is 0.0696 e. The van der Waals surface area contributed by atoms with Crippen LogP contribution >= 0.6 is 15.9 Å². The largest absolute Gasteiger partial charge is 0.381 e. The number of nitrogens with one attached hydrogen (secondary N) is 1. The van der Waals surface area contributed by atoms with Gasteiger partial charge in [0.05, 0.1) is 22.4 Å². The Morgan fingerprint density at radius 2 is 2.24 bits per heavy atom. The number of hydrogen-bond donors (Lipinski definition) is 1. The molecule has 0 saturated carbocycles. The van der Waals surface area contributed by atoms with Gasteiger partial charge in [0, 0.05) is 19.8 Å². The van der Waals surface area contributed by atoms with Gasteiger partial charge < -0.3 is 10.1 Å². The van der Waals surface area contributed by atoms with Gasteiger partial charge in [0.1, 0.15) is 0 Å². The van der Waals surface area contributed by atoms with E-state index >= 15 is 0 Å². The summed E-state index contributed by atoms with van der Waals surface area (Å²) in [5.41, 5.74) is 1.20. The Balaban J connectivity index is 2.62. The van der Waals surface area contributed by atoms with Crippen molar-refractivity contribution in [1.82, 2.24) is 15.1 Å². The predicted octanol–water partition coefficient (Wildman–Crippen LogP) is 2.74. The molecule has 0 saturated heterocycles. The zero-order valence-electron chi connectivity index (χ0n) is 10.9. The molecule has 1 aromatic heterocycles. The summed E-state index contributed by atoms with van der Waals surface area (Å²) in [6.45, 7) is 6.72. The van der Waals surface area contributed by atoms with E-state index in [-0.39, 0.29) is 6.04 Å². The van der Waals surface area contributed by atoms with Gasteiger partial charge in [-0.15, -0.1) is 0 Å². The number of nitrogens with zero attached hydrogens (tertiary/aromatic N) is 2. The molecule has 0 radical (unpaired) electrons. The van der Waals surface area contributed by atoms with E-state index in [1.54, 1.807) is 0 Å². The Morgan fingerprint density at radius 1 is 1.47 bits per heavy atom. The average molecular weight is 304 g/mol. The fourth-order valence-corrected chi connectivity index (χ4v) is 2.41. The lowest BCUT2D eigenvalue weighted by Crippen LogP contribution is -2.22. The minimum absolute atomic E-state index is 0.281. The van der Waals surface area contributed by atoms with E-state index in [4.69, 9.17) is 4.74 Å². The highest BCUT2D eigenvalue weighted by atomic mass is 79.9. The van der Waals surface area contributed by atoms with Gasteiger partial charge in [-0.25, -0.2) is 0 Å². The van der Waals surface area contributed by atoms with E-state index in [0.29, 0.717) is 0 Å². The highest BCUT2D eigenvalue weighted by Crippen LogP contribution is 2.25. The lowest BCUT2D eigenvalue weighted by Gasteiger charge is -2.18. The topological polar surface area (TPSA) is 39.1 Å². The van der Waals surface area contributed by atoms with Gasteiger partial charge in [-0.2, -0.15) is 5.10 Å². The molecule has 1 N–H and O–H groups in total. The number of halogens is 1. The number of rotatable bonds is 8. The maximum atomic E-state index is 5.54. The van der Waals surface area contributed by atoms with Crippen molar-refractivity contribution in [2.75, 3.05) is 20.3 Å². The van der Waals surface area contributed by atoms with Gasteiger partial charge in [0.25, 0.3) is 0 Å². The molecule has 0 bridgehead atoms. The smallest absolute Gasteiger partial charge is 0.0696 e. The summed E-state index contributed by atoms with van der Waals surface area (Å²) >= 11 is 3.56. The highest BCUT2D eigenvalue weighted by Gasteiger charge is 2.17.